The largest absolute Gasteiger partial charge is 0.481 e. The topological polar surface area (TPSA) is 112 Å². The van der Waals surface area contributed by atoms with Gasteiger partial charge >= 0.3 is 17.9 Å². The molecule has 60 heavy (non-hydrogen) atoms. The number of aliphatic carboxylic acids is 3. The summed E-state index contributed by atoms with van der Waals surface area (Å²) < 4.78 is 0. The predicted molar refractivity (Wildman–Crippen MR) is 259 cm³/mol. The summed E-state index contributed by atoms with van der Waals surface area (Å²) >= 11 is 0. The molecule has 0 saturated carbocycles. The fourth-order valence-electron chi connectivity index (χ4n) is 8.23. The van der Waals surface area contributed by atoms with Crippen LogP contribution in [0.25, 0.3) is 0 Å². The summed E-state index contributed by atoms with van der Waals surface area (Å²) in [5, 5.41) is 26.2. The molecule has 354 valence electrons. The fourth-order valence-corrected chi connectivity index (χ4v) is 8.23. The average molecular weight is 847 g/mol. The highest BCUT2D eigenvalue weighted by molar-refractivity contribution is 5.67. The molecule has 0 fully saturated rings. The first kappa shape index (κ1) is 60.0. The van der Waals surface area contributed by atoms with Crippen LogP contribution in [0.15, 0.2) is 23.8 Å². The fraction of sp³-hybridized carbons (Fsp3) is 0.870. The second-order valence-electron chi connectivity index (χ2n) is 18.0. The van der Waals surface area contributed by atoms with Gasteiger partial charge < -0.3 is 15.3 Å². The second-order valence-corrected chi connectivity index (χ2v) is 18.0. The zero-order chi connectivity index (χ0) is 44.4. The monoisotopic (exact) mass is 847 g/mol. The van der Waals surface area contributed by atoms with E-state index in [0.29, 0.717) is 19.3 Å². The third-order valence-corrected chi connectivity index (χ3v) is 12.1. The summed E-state index contributed by atoms with van der Waals surface area (Å²) in [7, 11) is 0. The van der Waals surface area contributed by atoms with E-state index in [0.717, 1.165) is 57.3 Å². The minimum atomic E-state index is -0.669. The van der Waals surface area contributed by atoms with Gasteiger partial charge in [-0.25, -0.2) is 0 Å². The molecule has 0 aromatic rings. The van der Waals surface area contributed by atoms with Crippen molar-refractivity contribution in [3.8, 4) is 0 Å². The van der Waals surface area contributed by atoms with E-state index in [2.05, 4.69) is 39.0 Å². The van der Waals surface area contributed by atoms with E-state index in [1.165, 1.54) is 205 Å². The molecule has 0 spiro atoms. The molecule has 0 aliphatic carbocycles. The van der Waals surface area contributed by atoms with Crippen molar-refractivity contribution in [1.82, 2.24) is 0 Å². The maximum absolute atomic E-state index is 10.8. The van der Waals surface area contributed by atoms with Crippen LogP contribution in [0.5, 0.6) is 0 Å². The summed E-state index contributed by atoms with van der Waals surface area (Å²) in [4.78, 5) is 31.8. The lowest BCUT2D eigenvalue weighted by Crippen LogP contribution is -2.06. The molecule has 0 aromatic heterocycles. The van der Waals surface area contributed by atoms with Crippen molar-refractivity contribution in [2.24, 2.45) is 5.92 Å². The van der Waals surface area contributed by atoms with E-state index in [9.17, 15) is 14.4 Å². The SMILES string of the molecule is CCCCCCCC/C=C(\CCCCCCCC(=O)O)C(CCCCCCCC)CCCCCCCCC(=O)O.CCCCCCCC/C=C/CCCCCCCC(=O)O. The first-order chi connectivity index (χ1) is 29.3. The van der Waals surface area contributed by atoms with Crippen molar-refractivity contribution >= 4 is 17.9 Å². The lowest BCUT2D eigenvalue weighted by atomic mass is 9.84. The van der Waals surface area contributed by atoms with Crippen LogP contribution in [-0.2, 0) is 14.4 Å². The Kier molecular flexibility index (Phi) is 51.2. The van der Waals surface area contributed by atoms with Gasteiger partial charge in [-0.1, -0.05) is 218 Å². The average Bonchev–Trinajstić information content (AvgIpc) is 3.22. The smallest absolute Gasteiger partial charge is 0.303 e. The molecule has 0 rings (SSSR count). The van der Waals surface area contributed by atoms with Crippen LogP contribution in [0, 0.1) is 5.92 Å². The molecule has 0 radical (unpaired) electrons. The van der Waals surface area contributed by atoms with Crippen molar-refractivity contribution in [3.63, 3.8) is 0 Å². The number of hydrogen-bond acceptors (Lipinski definition) is 3. The zero-order valence-electron chi connectivity index (χ0n) is 40.3. The molecule has 1 unspecified atom stereocenters. The summed E-state index contributed by atoms with van der Waals surface area (Å²) in [6.45, 7) is 6.83. The quantitative estimate of drug-likeness (QED) is 0.0415. The van der Waals surface area contributed by atoms with Gasteiger partial charge in [-0.05, 0) is 89.4 Å². The number of rotatable bonds is 47. The van der Waals surface area contributed by atoms with Gasteiger partial charge in [0.1, 0.15) is 0 Å². The lowest BCUT2D eigenvalue weighted by Gasteiger charge is -2.22. The van der Waals surface area contributed by atoms with Gasteiger partial charge in [0, 0.05) is 19.3 Å². The minimum absolute atomic E-state index is 0.309. The van der Waals surface area contributed by atoms with Gasteiger partial charge in [-0.2, -0.15) is 0 Å². The molecular weight excluding hydrogens is 745 g/mol. The minimum Gasteiger partial charge on any atom is -0.481 e. The molecular formula is C54H102O6. The van der Waals surface area contributed by atoms with Gasteiger partial charge in [-0.3, -0.25) is 14.4 Å². The van der Waals surface area contributed by atoms with Crippen LogP contribution < -0.4 is 0 Å². The Morgan fingerprint density at radius 1 is 0.333 bits per heavy atom. The highest BCUT2D eigenvalue weighted by atomic mass is 16.4. The maximum Gasteiger partial charge on any atom is 0.303 e. The van der Waals surface area contributed by atoms with Crippen molar-refractivity contribution in [2.75, 3.05) is 0 Å². The first-order valence-electron chi connectivity index (χ1n) is 26.3. The third-order valence-electron chi connectivity index (χ3n) is 12.1. The number of allylic oxidation sites excluding steroid dienone is 4. The van der Waals surface area contributed by atoms with Crippen LogP contribution in [-0.4, -0.2) is 33.2 Å². The number of hydrogen-bond donors (Lipinski definition) is 3. The van der Waals surface area contributed by atoms with E-state index < -0.39 is 17.9 Å². The van der Waals surface area contributed by atoms with Gasteiger partial charge in [0.05, 0.1) is 0 Å². The summed E-state index contributed by atoms with van der Waals surface area (Å²) in [6.07, 6.45) is 58.2. The number of unbranched alkanes of at least 4 members (excludes halogenated alkanes) is 31. The van der Waals surface area contributed by atoms with E-state index in [-0.39, 0.29) is 0 Å². The van der Waals surface area contributed by atoms with E-state index in [1.807, 2.05) is 0 Å². The van der Waals surface area contributed by atoms with Crippen molar-refractivity contribution in [3.05, 3.63) is 23.8 Å². The zero-order valence-corrected chi connectivity index (χ0v) is 40.3. The highest BCUT2D eigenvalue weighted by Gasteiger charge is 2.14. The van der Waals surface area contributed by atoms with Crippen LogP contribution >= 0.6 is 0 Å². The van der Waals surface area contributed by atoms with E-state index >= 15 is 0 Å². The van der Waals surface area contributed by atoms with Gasteiger partial charge in [0.2, 0.25) is 0 Å². The van der Waals surface area contributed by atoms with Crippen LogP contribution in [0.3, 0.4) is 0 Å². The van der Waals surface area contributed by atoms with Crippen molar-refractivity contribution in [1.29, 1.82) is 0 Å². The first-order valence-corrected chi connectivity index (χ1v) is 26.3. The number of carboxylic acid groups (broad SMARTS) is 3. The van der Waals surface area contributed by atoms with Crippen LogP contribution in [0.2, 0.25) is 0 Å². The molecule has 0 aromatic carbocycles. The molecule has 1 atom stereocenters. The summed E-state index contributed by atoms with van der Waals surface area (Å²) in [6, 6.07) is 0. The molecule has 0 heterocycles. The second kappa shape index (κ2) is 51.2. The van der Waals surface area contributed by atoms with Gasteiger partial charge in [-0.15, -0.1) is 0 Å². The Balaban J connectivity index is 0. The lowest BCUT2D eigenvalue weighted by molar-refractivity contribution is -0.138. The summed E-state index contributed by atoms with van der Waals surface area (Å²) in [5.74, 6) is -1.27. The molecule has 0 aliphatic heterocycles. The summed E-state index contributed by atoms with van der Waals surface area (Å²) in [5.41, 5.74) is 1.73. The highest BCUT2D eigenvalue weighted by Crippen LogP contribution is 2.30. The van der Waals surface area contributed by atoms with Crippen LogP contribution in [0.4, 0.5) is 0 Å². The Hall–Kier alpha value is -2.11. The molecule has 6 heteroatoms. The Morgan fingerprint density at radius 2 is 0.600 bits per heavy atom. The molecule has 0 amide bonds. The molecule has 3 N–H and O–H groups in total. The maximum atomic E-state index is 10.8. The molecule has 0 aliphatic rings. The van der Waals surface area contributed by atoms with Gasteiger partial charge in [0.15, 0.2) is 0 Å². The van der Waals surface area contributed by atoms with Gasteiger partial charge in [0.25, 0.3) is 0 Å². The standard InChI is InChI=1S/C36H68O4.C18H34O2/c1-3-5-7-9-11-16-22-28-34(30-24-18-14-20-26-32-36(39)40)33(27-21-15-10-8-6-4-2)29-23-17-12-13-19-25-31-35(37)38;1-2-3-4-5-6-7-8-9-10-11-12-13-14-15-16-17-18(19)20/h28,33H,3-27,29-32H2,1-2H3,(H,37,38)(H,39,40);9-10H,2-8,11-17H2,1H3,(H,19,20)/b34-28+;10-9+. The molecule has 0 bridgehead atoms. The Morgan fingerprint density at radius 3 is 0.933 bits per heavy atom. The van der Waals surface area contributed by atoms with Crippen LogP contribution in [0.1, 0.15) is 297 Å². The van der Waals surface area contributed by atoms with E-state index in [4.69, 9.17) is 15.3 Å². The molecule has 0 saturated heterocycles. The number of carboxylic acids is 3. The predicted octanol–water partition coefficient (Wildman–Crippen LogP) is 18.2. The van der Waals surface area contributed by atoms with Crippen molar-refractivity contribution in [2.45, 2.75) is 297 Å². The van der Waals surface area contributed by atoms with Crippen molar-refractivity contribution < 1.29 is 29.7 Å². The van der Waals surface area contributed by atoms with E-state index in [1.54, 1.807) is 5.57 Å². The Bertz CT molecular complexity index is 971. The Labute approximate surface area is 373 Å². The number of carbonyl (C=O) groups is 3. The third kappa shape index (κ3) is 52.0. The normalized spacial score (nSPS) is 12.2. The molecule has 6 nitrogen and oxygen atoms in total.